The summed E-state index contributed by atoms with van der Waals surface area (Å²) < 4.78 is 0. The largest absolute Gasteiger partial charge is 0.286 e. The van der Waals surface area contributed by atoms with Gasteiger partial charge in [-0.25, -0.2) is 5.01 Å². The van der Waals surface area contributed by atoms with Crippen LogP contribution in [0, 0.1) is 0 Å². The van der Waals surface area contributed by atoms with Gasteiger partial charge in [-0.05, 0) is 30.7 Å². The minimum absolute atomic E-state index is 0.745. The summed E-state index contributed by atoms with van der Waals surface area (Å²) >= 11 is 0. The Morgan fingerprint density at radius 1 is 0.677 bits per heavy atom. The van der Waals surface area contributed by atoms with Crippen LogP contribution in [0.1, 0.15) is 13.3 Å². The van der Waals surface area contributed by atoms with Gasteiger partial charge >= 0.3 is 0 Å². The first-order valence-corrected chi connectivity index (χ1v) is 10.9. The van der Waals surface area contributed by atoms with Crippen LogP contribution in [0.5, 0.6) is 0 Å². The van der Waals surface area contributed by atoms with E-state index in [4.69, 9.17) is 5.10 Å². The molecular weight excluding hydrogens is 386 g/mol. The molecule has 0 atom stereocenters. The maximum absolute atomic E-state index is 5.15. The molecule has 4 heterocycles. The number of allylic oxidation sites excluding steroid dienone is 8. The van der Waals surface area contributed by atoms with Crippen molar-refractivity contribution in [1.29, 1.82) is 0 Å². The van der Waals surface area contributed by atoms with Gasteiger partial charge in [0.15, 0.2) is 0 Å². The summed E-state index contributed by atoms with van der Waals surface area (Å²) in [6.45, 7) is 6.15. The Morgan fingerprint density at radius 3 is 1.65 bits per heavy atom. The molecule has 0 radical (unpaired) electrons. The van der Waals surface area contributed by atoms with Gasteiger partial charge in [0.05, 0.1) is 26.2 Å². The maximum atomic E-state index is 5.15. The van der Waals surface area contributed by atoms with Gasteiger partial charge in [0, 0.05) is 31.3 Å². The van der Waals surface area contributed by atoms with Crippen molar-refractivity contribution in [3.05, 3.63) is 97.7 Å². The van der Waals surface area contributed by atoms with Crippen molar-refractivity contribution < 1.29 is 0 Å². The molecule has 0 spiro atoms. The fourth-order valence-corrected chi connectivity index (χ4v) is 3.61. The molecule has 162 valence electrons. The molecular formula is C24H31N7. The van der Waals surface area contributed by atoms with Crippen LogP contribution in [-0.4, -0.2) is 68.8 Å². The lowest BCUT2D eigenvalue weighted by Gasteiger charge is -2.48. The highest BCUT2D eigenvalue weighted by atomic mass is 15.9. The summed E-state index contributed by atoms with van der Waals surface area (Å²) in [6.07, 6.45) is 34.5. The predicted octanol–water partition coefficient (Wildman–Crippen LogP) is 3.56. The van der Waals surface area contributed by atoms with Gasteiger partial charge in [-0.1, -0.05) is 55.5 Å². The van der Waals surface area contributed by atoms with Gasteiger partial charge < -0.3 is 0 Å². The Balaban J connectivity index is 1.76. The molecule has 0 fully saturated rings. The van der Waals surface area contributed by atoms with Crippen molar-refractivity contribution in [2.45, 2.75) is 13.3 Å². The summed E-state index contributed by atoms with van der Waals surface area (Å²) in [6, 6.07) is 0. The number of hydrogen-bond donors (Lipinski definition) is 0. The lowest BCUT2D eigenvalue weighted by Crippen LogP contribution is -2.61. The van der Waals surface area contributed by atoms with E-state index >= 15 is 0 Å². The number of hydrazone groups is 1. The highest BCUT2D eigenvalue weighted by Crippen LogP contribution is 2.19. The van der Waals surface area contributed by atoms with Gasteiger partial charge in [-0.3, -0.25) is 20.0 Å². The summed E-state index contributed by atoms with van der Waals surface area (Å²) in [5.74, 6) is 0.849. The van der Waals surface area contributed by atoms with Gasteiger partial charge in [-0.2, -0.15) is 5.12 Å². The standard InChI is InChI=1S/C24H31N7/c1-2-15-30(27-18-9-4-10-19-27)24(25-26-16-7-3-8-17-26)31(28-20-11-5-12-21-28)29-22-13-6-14-23-29/h3-14,16,18,20,22H,2,15,17,19,21,23H2,1H3. The number of guanidine groups is 1. The van der Waals surface area contributed by atoms with Crippen LogP contribution >= 0.6 is 0 Å². The maximum Gasteiger partial charge on any atom is 0.277 e. The van der Waals surface area contributed by atoms with Crippen molar-refractivity contribution in [3.8, 4) is 0 Å². The van der Waals surface area contributed by atoms with Crippen LogP contribution in [-0.2, 0) is 0 Å². The monoisotopic (exact) mass is 417 g/mol. The molecule has 4 aliphatic heterocycles. The molecule has 0 N–H and O–H groups in total. The third kappa shape index (κ3) is 5.12. The van der Waals surface area contributed by atoms with Crippen LogP contribution in [0.2, 0.25) is 0 Å². The molecule has 7 heteroatoms. The molecule has 0 bridgehead atoms. The molecule has 31 heavy (non-hydrogen) atoms. The topological polar surface area (TPSA) is 31.8 Å². The van der Waals surface area contributed by atoms with Crippen LogP contribution in [0.3, 0.4) is 0 Å². The van der Waals surface area contributed by atoms with Crippen LogP contribution in [0.15, 0.2) is 103 Å². The summed E-state index contributed by atoms with van der Waals surface area (Å²) in [5.41, 5.74) is 0. The summed E-state index contributed by atoms with van der Waals surface area (Å²) in [7, 11) is 0. The SMILES string of the molecule is CCCN(C(=NN1C=CC=CC1)N(N1C=CC=CC1)N1C=CC=CC1)N1C=CC=CC1. The minimum atomic E-state index is 0.745. The van der Waals surface area contributed by atoms with Crippen molar-refractivity contribution in [2.24, 2.45) is 5.10 Å². The number of rotatable bonds is 6. The van der Waals surface area contributed by atoms with E-state index in [1.54, 1.807) is 0 Å². The zero-order chi connectivity index (χ0) is 21.3. The predicted molar refractivity (Wildman–Crippen MR) is 126 cm³/mol. The second kappa shape index (κ2) is 10.4. The Labute approximate surface area is 185 Å². The van der Waals surface area contributed by atoms with E-state index in [0.29, 0.717) is 0 Å². The van der Waals surface area contributed by atoms with E-state index in [-0.39, 0.29) is 0 Å². The Bertz CT molecular complexity index is 844. The van der Waals surface area contributed by atoms with Crippen molar-refractivity contribution in [3.63, 3.8) is 0 Å². The second-order valence-corrected chi connectivity index (χ2v) is 7.38. The van der Waals surface area contributed by atoms with Crippen LogP contribution < -0.4 is 0 Å². The third-order valence-corrected chi connectivity index (χ3v) is 5.05. The summed E-state index contributed by atoms with van der Waals surface area (Å²) in [5, 5.41) is 18.2. The van der Waals surface area contributed by atoms with E-state index in [1.165, 1.54) is 0 Å². The highest BCUT2D eigenvalue weighted by Gasteiger charge is 2.30. The average molecular weight is 418 g/mol. The normalized spacial score (nSPS) is 19.7. The molecule has 0 amide bonds. The third-order valence-electron chi connectivity index (χ3n) is 5.05. The minimum Gasteiger partial charge on any atom is -0.286 e. The molecule has 0 saturated heterocycles. The van der Waals surface area contributed by atoms with E-state index in [1.807, 2.05) is 17.3 Å². The Hall–Kier alpha value is -3.61. The van der Waals surface area contributed by atoms with Gasteiger partial charge in [-0.15, -0.1) is 5.10 Å². The highest BCUT2D eigenvalue weighted by molar-refractivity contribution is 5.79. The second-order valence-electron chi connectivity index (χ2n) is 7.38. The Kier molecular flexibility index (Phi) is 6.95. The summed E-state index contributed by atoms with van der Waals surface area (Å²) in [4.78, 5) is 0. The molecule has 0 unspecified atom stereocenters. The van der Waals surface area contributed by atoms with E-state index < -0.39 is 0 Å². The zero-order valence-corrected chi connectivity index (χ0v) is 18.1. The lowest BCUT2D eigenvalue weighted by atomic mass is 10.3. The van der Waals surface area contributed by atoms with Crippen LogP contribution in [0.4, 0.5) is 0 Å². The molecule has 0 aromatic rings. The first-order chi connectivity index (χ1) is 15.4. The first kappa shape index (κ1) is 20.7. The molecule has 4 aliphatic rings. The fourth-order valence-electron chi connectivity index (χ4n) is 3.61. The molecule has 0 saturated carbocycles. The number of hydrazine groups is 3. The van der Waals surface area contributed by atoms with E-state index in [2.05, 4.69) is 118 Å². The van der Waals surface area contributed by atoms with E-state index in [9.17, 15) is 0 Å². The molecule has 0 aliphatic carbocycles. The first-order valence-electron chi connectivity index (χ1n) is 10.9. The van der Waals surface area contributed by atoms with Gasteiger partial charge in [0.2, 0.25) is 0 Å². The molecule has 4 rings (SSSR count). The number of nitrogens with zero attached hydrogens (tertiary/aromatic N) is 7. The van der Waals surface area contributed by atoms with Crippen molar-refractivity contribution >= 4 is 5.96 Å². The fraction of sp³-hybridized carbons (Fsp3) is 0.292. The zero-order valence-electron chi connectivity index (χ0n) is 18.1. The Morgan fingerprint density at radius 2 is 1.19 bits per heavy atom. The van der Waals surface area contributed by atoms with Crippen molar-refractivity contribution in [1.82, 2.24) is 30.2 Å². The van der Waals surface area contributed by atoms with E-state index in [0.717, 1.165) is 45.1 Å². The smallest absolute Gasteiger partial charge is 0.277 e. The molecule has 7 nitrogen and oxygen atoms in total. The quantitative estimate of drug-likeness (QED) is 0.485. The van der Waals surface area contributed by atoms with Crippen molar-refractivity contribution in [2.75, 3.05) is 32.7 Å². The van der Waals surface area contributed by atoms with Gasteiger partial charge in [0.1, 0.15) is 0 Å². The average Bonchev–Trinajstić information content (AvgIpc) is 2.85. The van der Waals surface area contributed by atoms with Gasteiger partial charge in [0.25, 0.3) is 5.96 Å². The molecule has 0 aromatic heterocycles. The lowest BCUT2D eigenvalue weighted by molar-refractivity contribution is -0.0800. The van der Waals surface area contributed by atoms with Crippen LogP contribution in [0.25, 0.3) is 0 Å². The number of hydrogen-bond acceptors (Lipinski definition) is 5. The molecule has 0 aromatic carbocycles.